The van der Waals surface area contributed by atoms with Gasteiger partial charge in [0.2, 0.25) is 0 Å². The van der Waals surface area contributed by atoms with Gasteiger partial charge in [0.25, 0.3) is 0 Å². The molecule has 0 aromatic heterocycles. The van der Waals surface area contributed by atoms with Crippen molar-refractivity contribution in [2.75, 3.05) is 0 Å². The molecule has 0 heterocycles. The molecule has 0 aliphatic carbocycles. The Hall–Kier alpha value is -1.64. The van der Waals surface area contributed by atoms with E-state index in [0.29, 0.717) is 0 Å². The molecule has 0 unspecified atom stereocenters. The average Bonchev–Trinajstić information content (AvgIpc) is 2.67. The van der Waals surface area contributed by atoms with Crippen LogP contribution in [0.4, 0.5) is 0 Å². The molecule has 0 spiro atoms. The van der Waals surface area contributed by atoms with Crippen LogP contribution in [-0.2, 0) is 11.8 Å². The lowest BCUT2D eigenvalue weighted by Crippen LogP contribution is -2.13. The van der Waals surface area contributed by atoms with Gasteiger partial charge < -0.3 is 0 Å². The second-order valence-corrected chi connectivity index (χ2v) is 11.3. The van der Waals surface area contributed by atoms with Crippen LogP contribution in [0.15, 0.2) is 45.3 Å². The van der Waals surface area contributed by atoms with E-state index in [4.69, 9.17) is 0 Å². The third-order valence-corrected chi connectivity index (χ3v) is 7.94. The fourth-order valence-corrected chi connectivity index (χ4v) is 6.76. The first-order valence-corrected chi connectivity index (χ1v) is 12.3. The highest BCUT2D eigenvalue weighted by atomic mass is 79.9. The number of hydrogen-bond donors (Lipinski definition) is 0. The van der Waals surface area contributed by atoms with Gasteiger partial charge in [-0.3, -0.25) is 0 Å². The van der Waals surface area contributed by atoms with Crippen LogP contribution in [0, 0.1) is 13.8 Å². The van der Waals surface area contributed by atoms with E-state index in [1.807, 2.05) is 0 Å². The minimum Gasteiger partial charge on any atom is -0.0613 e. The van der Waals surface area contributed by atoms with Gasteiger partial charge in [-0.25, -0.2) is 0 Å². The van der Waals surface area contributed by atoms with Crippen LogP contribution < -0.4 is 0 Å². The molecule has 0 atom stereocenters. The molecule has 0 nitrogen and oxygen atoms in total. The Morgan fingerprint density at radius 1 is 0.667 bits per heavy atom. The monoisotopic (exact) mass is 520 g/mol. The van der Waals surface area contributed by atoms with Gasteiger partial charge in [-0.2, -0.15) is 0 Å². The summed E-state index contributed by atoms with van der Waals surface area (Å²) in [6.07, 6.45) is 1.03. The summed E-state index contributed by atoms with van der Waals surface area (Å²) in [5.74, 6) is 0. The zero-order valence-electron chi connectivity index (χ0n) is 18.4. The zero-order chi connectivity index (χ0) is 21.5. The molecule has 152 valence electrons. The maximum absolute atomic E-state index is 4.00. The molecule has 5 aromatic rings. The summed E-state index contributed by atoms with van der Waals surface area (Å²) >= 11 is 7.93. The topological polar surface area (TPSA) is 0 Å². The maximum Gasteiger partial charge on any atom is 0.0263 e. The van der Waals surface area contributed by atoms with Crippen LogP contribution in [0.25, 0.3) is 43.1 Å². The third-order valence-electron chi connectivity index (χ3n) is 6.69. The average molecular weight is 522 g/mol. The lowest BCUT2D eigenvalue weighted by atomic mass is 9.78. The molecular weight excluding hydrogens is 496 g/mol. The summed E-state index contributed by atoms with van der Waals surface area (Å²) in [5.41, 5.74) is 5.58. The molecule has 0 aliphatic heterocycles. The fraction of sp³-hybridized carbons (Fsp3) is 0.286. The number of rotatable bonds is 1. The summed E-state index contributed by atoms with van der Waals surface area (Å²) in [5, 5.41) is 11.0. The smallest absolute Gasteiger partial charge is 0.0263 e. The minimum absolute atomic E-state index is 0.0664. The Kier molecular flexibility index (Phi) is 4.51. The fourth-order valence-electron chi connectivity index (χ4n) is 5.36. The maximum atomic E-state index is 4.00. The SMILES string of the molecule is CCc1ccc2c3c(Br)cc(C)c4c(C)ccc(c5c(Br)cc(C(C)(C)C)c1c25)c43. The van der Waals surface area contributed by atoms with Gasteiger partial charge in [0.05, 0.1) is 0 Å². The standard InChI is InChI=1S/C28H26Br2/c1-7-16-9-11-18-24-20(29)12-15(3)22-14(2)8-10-17(26(22)24)25-21(30)13-19(28(4,5)6)23(16)27(18)25/h8-13H,7H2,1-6H3. The predicted molar refractivity (Wildman–Crippen MR) is 141 cm³/mol. The van der Waals surface area contributed by atoms with Crippen LogP contribution in [0.2, 0.25) is 0 Å². The number of halogens is 2. The van der Waals surface area contributed by atoms with Crippen molar-refractivity contribution < 1.29 is 0 Å². The number of hydrogen-bond acceptors (Lipinski definition) is 0. The Bertz CT molecular complexity index is 1480. The van der Waals surface area contributed by atoms with E-state index in [-0.39, 0.29) is 5.41 Å². The van der Waals surface area contributed by atoms with E-state index in [0.717, 1.165) is 6.42 Å². The third kappa shape index (κ3) is 2.63. The molecule has 0 amide bonds. The second kappa shape index (κ2) is 6.68. The molecule has 30 heavy (non-hydrogen) atoms. The van der Waals surface area contributed by atoms with E-state index in [1.54, 1.807) is 0 Å². The highest BCUT2D eigenvalue weighted by Crippen LogP contribution is 2.49. The lowest BCUT2D eigenvalue weighted by Gasteiger charge is -2.27. The quantitative estimate of drug-likeness (QED) is 0.152. The summed E-state index contributed by atoms with van der Waals surface area (Å²) in [7, 11) is 0. The van der Waals surface area contributed by atoms with E-state index in [9.17, 15) is 0 Å². The van der Waals surface area contributed by atoms with Crippen LogP contribution in [-0.4, -0.2) is 0 Å². The van der Waals surface area contributed by atoms with Crippen LogP contribution in [0.1, 0.15) is 49.9 Å². The molecule has 0 radical (unpaired) electrons. The van der Waals surface area contributed by atoms with Crippen molar-refractivity contribution in [2.45, 2.75) is 53.4 Å². The number of aryl methyl sites for hydroxylation is 3. The molecule has 0 aliphatic rings. The first-order chi connectivity index (χ1) is 14.1. The van der Waals surface area contributed by atoms with Crippen molar-refractivity contribution in [3.63, 3.8) is 0 Å². The largest absolute Gasteiger partial charge is 0.0613 e. The van der Waals surface area contributed by atoms with Gasteiger partial charge in [-0.15, -0.1) is 0 Å². The van der Waals surface area contributed by atoms with Gasteiger partial charge >= 0.3 is 0 Å². The van der Waals surface area contributed by atoms with Crippen molar-refractivity contribution in [1.82, 2.24) is 0 Å². The van der Waals surface area contributed by atoms with Crippen LogP contribution >= 0.6 is 31.9 Å². The molecular formula is C28H26Br2. The molecule has 0 saturated heterocycles. The van der Waals surface area contributed by atoms with Crippen molar-refractivity contribution >= 4 is 74.9 Å². The molecule has 0 N–H and O–H groups in total. The van der Waals surface area contributed by atoms with Crippen molar-refractivity contribution in [2.24, 2.45) is 0 Å². The second-order valence-electron chi connectivity index (χ2n) is 9.64. The van der Waals surface area contributed by atoms with Gasteiger partial charge in [0.1, 0.15) is 0 Å². The Labute approximate surface area is 195 Å². The molecule has 2 heteroatoms. The highest BCUT2D eigenvalue weighted by Gasteiger charge is 2.25. The lowest BCUT2D eigenvalue weighted by molar-refractivity contribution is 0.595. The summed E-state index contributed by atoms with van der Waals surface area (Å²) in [6.45, 7) is 13.7. The van der Waals surface area contributed by atoms with Crippen molar-refractivity contribution in [3.05, 3.63) is 67.6 Å². The zero-order valence-corrected chi connectivity index (χ0v) is 21.6. The van der Waals surface area contributed by atoms with Crippen LogP contribution in [0.3, 0.4) is 0 Å². The van der Waals surface area contributed by atoms with E-state index in [2.05, 4.69) is 110 Å². The molecule has 0 bridgehead atoms. The summed E-state index contributed by atoms with van der Waals surface area (Å²) in [6, 6.07) is 14.0. The van der Waals surface area contributed by atoms with Gasteiger partial charge in [-0.05, 0) is 92.4 Å². The Morgan fingerprint density at radius 3 is 1.83 bits per heavy atom. The number of fused-ring (bicyclic) bond motifs is 2. The van der Waals surface area contributed by atoms with Gasteiger partial charge in [0, 0.05) is 19.7 Å². The first-order valence-electron chi connectivity index (χ1n) is 10.7. The summed E-state index contributed by atoms with van der Waals surface area (Å²) < 4.78 is 2.38. The van der Waals surface area contributed by atoms with Gasteiger partial charge in [0.15, 0.2) is 0 Å². The summed E-state index contributed by atoms with van der Waals surface area (Å²) in [4.78, 5) is 0. The molecule has 0 saturated carbocycles. The first kappa shape index (κ1) is 20.3. The van der Waals surface area contributed by atoms with Crippen molar-refractivity contribution in [3.8, 4) is 0 Å². The van der Waals surface area contributed by atoms with Crippen LogP contribution in [0.5, 0.6) is 0 Å². The highest BCUT2D eigenvalue weighted by molar-refractivity contribution is 9.11. The van der Waals surface area contributed by atoms with E-state index < -0.39 is 0 Å². The normalized spacial score (nSPS) is 12.8. The number of benzene rings is 5. The van der Waals surface area contributed by atoms with Gasteiger partial charge in [-0.1, -0.05) is 83.8 Å². The van der Waals surface area contributed by atoms with E-state index in [1.165, 1.54) is 74.3 Å². The predicted octanol–water partition coefficient (Wildman–Crippen LogP) is 9.74. The Balaban J connectivity index is 2.24. The molecule has 0 fully saturated rings. The minimum atomic E-state index is 0.0664. The molecule has 5 rings (SSSR count). The molecule has 5 aromatic carbocycles. The Morgan fingerprint density at radius 2 is 1.23 bits per heavy atom. The van der Waals surface area contributed by atoms with E-state index >= 15 is 0 Å². The van der Waals surface area contributed by atoms with Crippen molar-refractivity contribution in [1.29, 1.82) is 0 Å².